The molecule has 0 bridgehead atoms. The molecule has 5 nitrogen and oxygen atoms in total. The Morgan fingerprint density at radius 3 is 2.90 bits per heavy atom. The van der Waals surface area contributed by atoms with Crippen molar-refractivity contribution in [1.82, 2.24) is 4.57 Å². The fourth-order valence-corrected chi connectivity index (χ4v) is 2.40. The summed E-state index contributed by atoms with van der Waals surface area (Å²) in [6.45, 7) is 2.83. The van der Waals surface area contributed by atoms with E-state index in [4.69, 9.17) is 0 Å². The molecule has 2 rings (SSSR count). The number of hydrogen-bond donors (Lipinski definition) is 1. The van der Waals surface area contributed by atoms with Crippen LogP contribution in [-0.2, 0) is 20.9 Å². The molecule has 0 radical (unpaired) electrons. The number of rotatable bonds is 1. The third-order valence-corrected chi connectivity index (χ3v) is 3.70. The minimum absolute atomic E-state index is 0.246. The van der Waals surface area contributed by atoms with Gasteiger partial charge >= 0.3 is 5.97 Å². The molecule has 0 aromatic carbocycles. The van der Waals surface area contributed by atoms with Crippen molar-refractivity contribution in [2.45, 2.75) is 32.7 Å². The second-order valence-corrected chi connectivity index (χ2v) is 5.16. The van der Waals surface area contributed by atoms with Crippen molar-refractivity contribution in [3.05, 3.63) is 29.6 Å². The van der Waals surface area contributed by atoms with Gasteiger partial charge in [-0.25, -0.2) is 4.79 Å². The van der Waals surface area contributed by atoms with Crippen molar-refractivity contribution in [2.24, 2.45) is 5.92 Å². The van der Waals surface area contributed by atoms with Crippen molar-refractivity contribution in [2.75, 3.05) is 7.11 Å². The molecule has 0 aliphatic carbocycles. The van der Waals surface area contributed by atoms with Gasteiger partial charge in [-0.15, -0.1) is 0 Å². The van der Waals surface area contributed by atoms with Crippen molar-refractivity contribution in [1.29, 1.82) is 0 Å². The van der Waals surface area contributed by atoms with Crippen molar-refractivity contribution < 1.29 is 19.4 Å². The number of esters is 1. The van der Waals surface area contributed by atoms with Crippen LogP contribution in [0.4, 0.5) is 0 Å². The zero-order valence-electron chi connectivity index (χ0n) is 11.8. The zero-order valence-corrected chi connectivity index (χ0v) is 11.8. The van der Waals surface area contributed by atoms with Gasteiger partial charge < -0.3 is 14.4 Å². The average molecular weight is 277 g/mol. The lowest BCUT2D eigenvalue weighted by Crippen LogP contribution is -2.20. The fourth-order valence-electron chi connectivity index (χ4n) is 2.40. The van der Waals surface area contributed by atoms with Crippen LogP contribution < -0.4 is 0 Å². The van der Waals surface area contributed by atoms with Crippen LogP contribution in [0.5, 0.6) is 0 Å². The summed E-state index contributed by atoms with van der Waals surface area (Å²) in [5, 5.41) is 10.3. The molecular weight excluding hydrogens is 258 g/mol. The lowest BCUT2D eigenvalue weighted by molar-refractivity contribution is -0.137. The van der Waals surface area contributed by atoms with Gasteiger partial charge in [0.2, 0.25) is 0 Å². The van der Waals surface area contributed by atoms with E-state index in [2.05, 4.69) is 11.7 Å². The Morgan fingerprint density at radius 1 is 1.45 bits per heavy atom. The quantitative estimate of drug-likeness (QED) is 0.632. The van der Waals surface area contributed by atoms with E-state index in [-0.39, 0.29) is 23.5 Å². The smallest absolute Gasteiger partial charge is 0.345 e. The molecule has 20 heavy (non-hydrogen) atoms. The number of ether oxygens (including phenoxy) is 1. The summed E-state index contributed by atoms with van der Waals surface area (Å²) in [6.07, 6.45) is 3.70. The first kappa shape index (κ1) is 14.4. The number of hydrogen-bond acceptors (Lipinski definition) is 4. The van der Waals surface area contributed by atoms with E-state index in [1.807, 2.05) is 10.8 Å². The maximum Gasteiger partial charge on any atom is 0.345 e. The van der Waals surface area contributed by atoms with Crippen LogP contribution in [0.1, 0.15) is 31.9 Å². The number of fused-ring (bicyclic) bond motifs is 1. The van der Waals surface area contributed by atoms with Crippen LogP contribution in [-0.4, -0.2) is 28.5 Å². The summed E-state index contributed by atoms with van der Waals surface area (Å²) < 4.78 is 6.49. The Bertz CT molecular complexity index is 556. The van der Waals surface area contributed by atoms with Crippen molar-refractivity contribution in [3.63, 3.8) is 0 Å². The van der Waals surface area contributed by atoms with E-state index < -0.39 is 5.97 Å². The molecule has 108 valence electrons. The Morgan fingerprint density at radius 2 is 2.20 bits per heavy atom. The minimum atomic E-state index is -0.784. The number of ketones is 1. The molecular formula is C15H19NO4. The molecule has 1 aromatic rings. The topological polar surface area (TPSA) is 68.5 Å². The number of carbonyl (C=O) groups excluding carboxylic acids is 2. The highest BCUT2D eigenvalue weighted by Gasteiger charge is 2.27. The molecule has 1 aliphatic heterocycles. The predicted molar refractivity (Wildman–Crippen MR) is 74.0 cm³/mol. The van der Waals surface area contributed by atoms with Crippen LogP contribution in [0.25, 0.3) is 5.76 Å². The predicted octanol–water partition coefficient (Wildman–Crippen LogP) is 2.32. The van der Waals surface area contributed by atoms with E-state index in [9.17, 15) is 14.7 Å². The van der Waals surface area contributed by atoms with E-state index >= 15 is 0 Å². The van der Waals surface area contributed by atoms with E-state index in [0.29, 0.717) is 18.0 Å². The second-order valence-electron chi connectivity index (χ2n) is 5.16. The third kappa shape index (κ3) is 2.76. The largest absolute Gasteiger partial charge is 0.505 e. The zero-order chi connectivity index (χ0) is 14.7. The van der Waals surface area contributed by atoms with Gasteiger partial charge in [0.25, 0.3) is 0 Å². The molecule has 2 heterocycles. The molecule has 1 aliphatic rings. The summed E-state index contributed by atoms with van der Waals surface area (Å²) in [5.74, 6) is -1.06. The highest BCUT2D eigenvalue weighted by molar-refractivity contribution is 6.21. The van der Waals surface area contributed by atoms with Gasteiger partial charge in [0, 0.05) is 19.2 Å². The molecule has 0 fully saturated rings. The fraction of sp³-hybridized carbons (Fsp3) is 0.467. The van der Waals surface area contributed by atoms with Crippen LogP contribution in [0.15, 0.2) is 23.9 Å². The van der Waals surface area contributed by atoms with Crippen LogP contribution >= 0.6 is 0 Å². The minimum Gasteiger partial charge on any atom is -0.505 e. The number of methoxy groups -OCH3 is 1. The van der Waals surface area contributed by atoms with Crippen LogP contribution in [0.2, 0.25) is 0 Å². The van der Waals surface area contributed by atoms with E-state index in [1.54, 1.807) is 12.1 Å². The second kappa shape index (κ2) is 5.94. The Hall–Kier alpha value is -2.04. The van der Waals surface area contributed by atoms with Gasteiger partial charge in [-0.05, 0) is 30.9 Å². The highest BCUT2D eigenvalue weighted by atomic mass is 16.5. The first-order valence-electron chi connectivity index (χ1n) is 6.75. The first-order valence-corrected chi connectivity index (χ1v) is 6.75. The lowest BCUT2D eigenvalue weighted by atomic mass is 9.95. The standard InChI is InChI=1S/C15H19NO4/c1-10-5-6-12(17)13(15(19)20-2)14(18)11-4-3-8-16(11)9-7-10/h3-4,8,10,18H,5-7,9H2,1-2H3. The summed E-state index contributed by atoms with van der Waals surface area (Å²) in [7, 11) is 1.20. The Labute approximate surface area is 117 Å². The van der Waals surface area contributed by atoms with Gasteiger partial charge in [0.05, 0.1) is 12.8 Å². The van der Waals surface area contributed by atoms with Crippen molar-refractivity contribution >= 4 is 17.5 Å². The van der Waals surface area contributed by atoms with E-state index in [0.717, 1.165) is 13.0 Å². The van der Waals surface area contributed by atoms with Gasteiger partial charge in [0.15, 0.2) is 11.5 Å². The lowest BCUT2D eigenvalue weighted by Gasteiger charge is -2.17. The summed E-state index contributed by atoms with van der Waals surface area (Å²) >= 11 is 0. The number of Topliss-reactive ketones (excluding diaryl/α,β-unsaturated/α-hetero) is 1. The van der Waals surface area contributed by atoms with Gasteiger partial charge in [-0.3, -0.25) is 4.79 Å². The summed E-state index contributed by atoms with van der Waals surface area (Å²) in [6, 6.07) is 3.48. The SMILES string of the molecule is COC(=O)C1=C(O)c2cccn2CCC(C)CCC1=O. The number of aromatic nitrogens is 1. The molecule has 5 heteroatoms. The number of aliphatic hydroxyl groups excluding tert-OH is 1. The highest BCUT2D eigenvalue weighted by Crippen LogP contribution is 2.24. The summed E-state index contributed by atoms with van der Waals surface area (Å²) in [4.78, 5) is 24.0. The normalized spacial score (nSPS) is 20.5. The van der Waals surface area contributed by atoms with E-state index in [1.165, 1.54) is 7.11 Å². The molecule has 0 spiro atoms. The number of aliphatic hydroxyl groups is 1. The maximum atomic E-state index is 12.2. The molecule has 0 saturated heterocycles. The molecule has 1 aromatic heterocycles. The molecule has 0 amide bonds. The molecule has 1 atom stereocenters. The number of carbonyl (C=O) groups is 2. The maximum absolute atomic E-state index is 12.2. The third-order valence-electron chi connectivity index (χ3n) is 3.70. The molecule has 1 N–H and O–H groups in total. The Balaban J connectivity index is 2.53. The summed E-state index contributed by atoms with van der Waals surface area (Å²) in [5.41, 5.74) is 0.231. The average Bonchev–Trinajstić information content (AvgIpc) is 2.90. The molecule has 1 unspecified atom stereocenters. The monoisotopic (exact) mass is 277 g/mol. The van der Waals surface area contributed by atoms with Gasteiger partial charge in [-0.1, -0.05) is 6.92 Å². The molecule has 0 saturated carbocycles. The number of nitrogens with zero attached hydrogens (tertiary/aromatic N) is 1. The van der Waals surface area contributed by atoms with Gasteiger partial charge in [-0.2, -0.15) is 0 Å². The Kier molecular flexibility index (Phi) is 4.27. The van der Waals surface area contributed by atoms with Gasteiger partial charge in [0.1, 0.15) is 5.57 Å². The number of aryl methyl sites for hydroxylation is 1. The van der Waals surface area contributed by atoms with Crippen LogP contribution in [0, 0.1) is 5.92 Å². The first-order chi connectivity index (χ1) is 9.54. The van der Waals surface area contributed by atoms with Crippen LogP contribution in [0.3, 0.4) is 0 Å². The van der Waals surface area contributed by atoms with Crippen molar-refractivity contribution in [3.8, 4) is 0 Å².